The third kappa shape index (κ3) is 1.92. The third-order valence-electron chi connectivity index (χ3n) is 2.59. The number of rotatable bonds is 3. The highest BCUT2D eigenvalue weighted by molar-refractivity contribution is 5.20. The zero-order chi connectivity index (χ0) is 11.7. The monoisotopic (exact) mass is 224 g/mol. The summed E-state index contributed by atoms with van der Waals surface area (Å²) in [7, 11) is 1.81. The molecule has 1 aromatic rings. The largest absolute Gasteiger partial charge is 0.433 e. The lowest BCUT2D eigenvalue weighted by molar-refractivity contribution is -0.402. The van der Waals surface area contributed by atoms with Gasteiger partial charge in [-0.15, -0.1) is 5.06 Å². The van der Waals surface area contributed by atoms with Gasteiger partial charge in [0.1, 0.15) is 16.9 Å². The summed E-state index contributed by atoms with van der Waals surface area (Å²) in [5.41, 5.74) is 1.07. The number of furan rings is 1. The van der Waals surface area contributed by atoms with E-state index in [4.69, 9.17) is 9.25 Å². The van der Waals surface area contributed by atoms with Crippen LogP contribution >= 0.6 is 0 Å². The zero-order valence-corrected chi connectivity index (χ0v) is 9.04. The minimum atomic E-state index is -0.541. The minimum Gasteiger partial charge on any atom is -0.413 e. The Morgan fingerprint density at radius 2 is 2.31 bits per heavy atom. The fourth-order valence-corrected chi connectivity index (χ4v) is 1.66. The first-order valence-electron chi connectivity index (χ1n) is 4.87. The maximum absolute atomic E-state index is 10.4. The average Bonchev–Trinajstić information content (AvgIpc) is 2.80. The molecule has 0 amide bonds. The van der Waals surface area contributed by atoms with Gasteiger partial charge in [-0.2, -0.15) is 0 Å². The van der Waals surface area contributed by atoms with Crippen molar-refractivity contribution in [3.63, 3.8) is 0 Å². The summed E-state index contributed by atoms with van der Waals surface area (Å²) in [4.78, 5) is 15.1. The van der Waals surface area contributed by atoms with E-state index in [2.05, 4.69) is 0 Å². The Balaban J connectivity index is 2.09. The molecule has 0 fully saturated rings. The van der Waals surface area contributed by atoms with E-state index in [0.717, 1.165) is 5.57 Å². The summed E-state index contributed by atoms with van der Waals surface area (Å²) in [6.45, 7) is 1.95. The SMILES string of the molecule is CC1=CON(C)C1Cc1ccc([N+](=O)[O-])o1. The maximum Gasteiger partial charge on any atom is 0.433 e. The van der Waals surface area contributed by atoms with E-state index in [-0.39, 0.29) is 11.9 Å². The number of hydrogen-bond donors (Lipinski definition) is 0. The van der Waals surface area contributed by atoms with Crippen molar-refractivity contribution in [3.8, 4) is 0 Å². The number of hydrogen-bond acceptors (Lipinski definition) is 5. The molecule has 1 aliphatic heterocycles. The first-order chi connectivity index (χ1) is 7.58. The van der Waals surface area contributed by atoms with Gasteiger partial charge in [0, 0.05) is 13.5 Å². The average molecular weight is 224 g/mol. The Kier molecular flexibility index (Phi) is 2.66. The molecule has 2 rings (SSSR count). The molecular weight excluding hydrogens is 212 g/mol. The van der Waals surface area contributed by atoms with Crippen LogP contribution in [-0.4, -0.2) is 23.1 Å². The van der Waals surface area contributed by atoms with Crippen LogP contribution in [0.25, 0.3) is 0 Å². The van der Waals surface area contributed by atoms with Gasteiger partial charge in [-0.1, -0.05) is 0 Å². The smallest absolute Gasteiger partial charge is 0.413 e. The summed E-state index contributed by atoms with van der Waals surface area (Å²) < 4.78 is 5.10. The Morgan fingerprint density at radius 1 is 1.56 bits per heavy atom. The number of nitro groups is 1. The summed E-state index contributed by atoms with van der Waals surface area (Å²) in [6, 6.07) is 3.06. The van der Waals surface area contributed by atoms with Crippen molar-refractivity contribution < 1.29 is 14.2 Å². The maximum atomic E-state index is 10.4. The van der Waals surface area contributed by atoms with Crippen LogP contribution in [0.5, 0.6) is 0 Å². The molecule has 0 aliphatic carbocycles. The van der Waals surface area contributed by atoms with E-state index in [0.29, 0.717) is 12.2 Å². The molecule has 6 nitrogen and oxygen atoms in total. The van der Waals surface area contributed by atoms with Gasteiger partial charge in [0.05, 0.1) is 12.1 Å². The summed E-state index contributed by atoms with van der Waals surface area (Å²) >= 11 is 0. The van der Waals surface area contributed by atoms with Crippen molar-refractivity contribution in [3.05, 3.63) is 39.8 Å². The highest BCUT2D eigenvalue weighted by Crippen LogP contribution is 2.24. The van der Waals surface area contributed by atoms with E-state index < -0.39 is 4.92 Å². The second kappa shape index (κ2) is 3.97. The van der Waals surface area contributed by atoms with E-state index in [1.165, 1.54) is 6.07 Å². The normalized spacial score (nSPS) is 20.6. The molecule has 0 radical (unpaired) electrons. The Labute approximate surface area is 92.2 Å². The van der Waals surface area contributed by atoms with Crippen LogP contribution in [-0.2, 0) is 11.3 Å². The molecule has 0 N–H and O–H groups in total. The quantitative estimate of drug-likeness (QED) is 0.579. The third-order valence-corrected chi connectivity index (χ3v) is 2.59. The van der Waals surface area contributed by atoms with Crippen molar-refractivity contribution in [2.75, 3.05) is 7.05 Å². The highest BCUT2D eigenvalue weighted by atomic mass is 16.7. The van der Waals surface area contributed by atoms with Crippen molar-refractivity contribution >= 4 is 5.88 Å². The summed E-state index contributed by atoms with van der Waals surface area (Å²) in [5.74, 6) is 0.361. The van der Waals surface area contributed by atoms with E-state index in [9.17, 15) is 10.1 Å². The lowest BCUT2D eigenvalue weighted by Gasteiger charge is -2.17. The van der Waals surface area contributed by atoms with Crippen LogP contribution in [0, 0.1) is 10.1 Å². The molecule has 86 valence electrons. The molecule has 1 aromatic heterocycles. The number of hydroxylamine groups is 2. The first kappa shape index (κ1) is 10.7. The molecule has 6 heteroatoms. The minimum absolute atomic E-state index is 0.0748. The number of likely N-dealkylation sites (N-methyl/N-ethyl adjacent to an activating group) is 1. The lowest BCUT2D eigenvalue weighted by Crippen LogP contribution is -2.28. The molecule has 1 aliphatic rings. The lowest BCUT2D eigenvalue weighted by atomic mass is 10.1. The molecule has 1 atom stereocenters. The molecule has 0 spiro atoms. The van der Waals surface area contributed by atoms with Gasteiger partial charge in [0.25, 0.3) is 0 Å². The Hall–Kier alpha value is -1.82. The zero-order valence-electron chi connectivity index (χ0n) is 9.04. The van der Waals surface area contributed by atoms with Gasteiger partial charge >= 0.3 is 5.88 Å². The van der Waals surface area contributed by atoms with Crippen molar-refractivity contribution in [1.29, 1.82) is 0 Å². The molecule has 0 saturated carbocycles. The topological polar surface area (TPSA) is 68.8 Å². The van der Waals surface area contributed by atoms with Crippen LogP contribution in [0.3, 0.4) is 0 Å². The van der Waals surface area contributed by atoms with Crippen LogP contribution in [0.4, 0.5) is 5.88 Å². The molecular formula is C10H12N2O4. The van der Waals surface area contributed by atoms with E-state index in [1.807, 2.05) is 14.0 Å². The van der Waals surface area contributed by atoms with Gasteiger partial charge in [-0.25, -0.2) is 0 Å². The van der Waals surface area contributed by atoms with Crippen LogP contribution in [0.2, 0.25) is 0 Å². The second-order valence-corrected chi connectivity index (χ2v) is 3.73. The second-order valence-electron chi connectivity index (χ2n) is 3.73. The molecule has 0 aromatic carbocycles. The molecule has 0 saturated heterocycles. The van der Waals surface area contributed by atoms with Crippen molar-refractivity contribution in [1.82, 2.24) is 5.06 Å². The van der Waals surface area contributed by atoms with Gasteiger partial charge < -0.3 is 9.25 Å². The molecule has 0 bridgehead atoms. The fourth-order valence-electron chi connectivity index (χ4n) is 1.66. The first-order valence-corrected chi connectivity index (χ1v) is 4.87. The Bertz CT molecular complexity index is 438. The van der Waals surface area contributed by atoms with Gasteiger partial charge in [-0.3, -0.25) is 10.1 Å². The van der Waals surface area contributed by atoms with Crippen LogP contribution in [0.15, 0.2) is 28.4 Å². The summed E-state index contributed by atoms with van der Waals surface area (Å²) in [5, 5.41) is 12.1. The Morgan fingerprint density at radius 3 is 2.81 bits per heavy atom. The molecule has 16 heavy (non-hydrogen) atoms. The van der Waals surface area contributed by atoms with Crippen molar-refractivity contribution in [2.45, 2.75) is 19.4 Å². The van der Waals surface area contributed by atoms with Gasteiger partial charge in [0.2, 0.25) is 0 Å². The van der Waals surface area contributed by atoms with E-state index in [1.54, 1.807) is 17.4 Å². The van der Waals surface area contributed by atoms with Gasteiger partial charge in [0.15, 0.2) is 0 Å². The molecule has 1 unspecified atom stereocenters. The fraction of sp³-hybridized carbons (Fsp3) is 0.400. The number of nitrogens with zero attached hydrogens (tertiary/aromatic N) is 2. The van der Waals surface area contributed by atoms with Gasteiger partial charge in [-0.05, 0) is 18.6 Å². The predicted molar refractivity (Wildman–Crippen MR) is 55.5 cm³/mol. The van der Waals surface area contributed by atoms with Crippen LogP contribution < -0.4 is 0 Å². The summed E-state index contributed by atoms with van der Waals surface area (Å²) in [6.07, 6.45) is 2.23. The standard InChI is InChI=1S/C10H12N2O4/c1-7-6-15-11(2)9(7)5-8-3-4-10(16-8)12(13)14/h3-4,6,9H,5H2,1-2H3. The van der Waals surface area contributed by atoms with Crippen LogP contribution in [0.1, 0.15) is 12.7 Å². The van der Waals surface area contributed by atoms with E-state index >= 15 is 0 Å². The highest BCUT2D eigenvalue weighted by Gasteiger charge is 2.25. The predicted octanol–water partition coefficient (Wildman–Crippen LogP) is 1.88. The molecule has 2 heterocycles. The van der Waals surface area contributed by atoms with Crippen molar-refractivity contribution in [2.24, 2.45) is 0 Å².